The number of esters is 1. The van der Waals surface area contributed by atoms with Gasteiger partial charge in [-0.3, -0.25) is 0 Å². The lowest BCUT2D eigenvalue weighted by Gasteiger charge is -2.27. The Labute approximate surface area is 133 Å². The quantitative estimate of drug-likeness (QED) is 0.833. The van der Waals surface area contributed by atoms with Crippen molar-refractivity contribution >= 4 is 11.9 Å². The van der Waals surface area contributed by atoms with Crippen LogP contribution in [-0.2, 0) is 15.7 Å². The average molecular weight is 333 g/mol. The van der Waals surface area contributed by atoms with Gasteiger partial charge in [-0.2, -0.15) is 13.2 Å². The molecule has 1 aromatic heterocycles. The SMILES string of the molecule is CC[C@H](C)[C@H](Nc1nccc(C(F)(F)F)n1)C(=O)OC(C)(C)C. The molecule has 0 radical (unpaired) electrons. The highest BCUT2D eigenvalue weighted by molar-refractivity contribution is 5.79. The summed E-state index contributed by atoms with van der Waals surface area (Å²) in [5.41, 5.74) is -1.76. The zero-order valence-electron chi connectivity index (χ0n) is 13.9. The Kier molecular flexibility index (Phi) is 5.96. The Morgan fingerprint density at radius 1 is 1.35 bits per heavy atom. The van der Waals surface area contributed by atoms with Crippen molar-refractivity contribution in [1.29, 1.82) is 0 Å². The summed E-state index contributed by atoms with van der Waals surface area (Å²) in [6, 6.07) is -0.0561. The predicted molar refractivity (Wildman–Crippen MR) is 79.7 cm³/mol. The molecule has 0 fully saturated rings. The van der Waals surface area contributed by atoms with Gasteiger partial charge in [-0.15, -0.1) is 0 Å². The Hall–Kier alpha value is -1.86. The number of nitrogens with one attached hydrogen (secondary N) is 1. The normalized spacial score (nSPS) is 15.0. The van der Waals surface area contributed by atoms with Gasteiger partial charge in [0.25, 0.3) is 0 Å². The van der Waals surface area contributed by atoms with Crippen molar-refractivity contribution in [1.82, 2.24) is 9.97 Å². The third-order valence-corrected chi connectivity index (χ3v) is 3.10. The second-order valence-corrected chi connectivity index (χ2v) is 6.30. The molecule has 1 N–H and O–H groups in total. The van der Waals surface area contributed by atoms with E-state index in [2.05, 4.69) is 15.3 Å². The Balaban J connectivity index is 3.00. The summed E-state index contributed by atoms with van der Waals surface area (Å²) in [7, 11) is 0. The van der Waals surface area contributed by atoms with Crippen LogP contribution in [0.25, 0.3) is 0 Å². The van der Waals surface area contributed by atoms with Crippen LogP contribution in [0.3, 0.4) is 0 Å². The number of carbonyl (C=O) groups excluding carboxylic acids is 1. The minimum absolute atomic E-state index is 0.164. The van der Waals surface area contributed by atoms with E-state index in [1.54, 1.807) is 27.7 Å². The van der Waals surface area contributed by atoms with Crippen molar-refractivity contribution < 1.29 is 22.7 Å². The molecule has 8 heteroatoms. The molecule has 2 atom stereocenters. The van der Waals surface area contributed by atoms with Crippen molar-refractivity contribution in [2.45, 2.75) is 58.9 Å². The van der Waals surface area contributed by atoms with Crippen LogP contribution in [0.5, 0.6) is 0 Å². The first-order valence-electron chi connectivity index (χ1n) is 7.33. The van der Waals surface area contributed by atoms with Crippen molar-refractivity contribution in [3.8, 4) is 0 Å². The van der Waals surface area contributed by atoms with E-state index in [-0.39, 0.29) is 11.9 Å². The van der Waals surface area contributed by atoms with Crippen molar-refractivity contribution in [2.75, 3.05) is 5.32 Å². The van der Waals surface area contributed by atoms with Crippen molar-refractivity contribution in [3.63, 3.8) is 0 Å². The molecular weight excluding hydrogens is 311 g/mol. The molecule has 1 aromatic rings. The second kappa shape index (κ2) is 7.14. The van der Waals surface area contributed by atoms with E-state index in [9.17, 15) is 18.0 Å². The van der Waals surface area contributed by atoms with Crippen LogP contribution < -0.4 is 5.32 Å². The molecule has 0 unspecified atom stereocenters. The van der Waals surface area contributed by atoms with Gasteiger partial charge in [0, 0.05) is 6.20 Å². The van der Waals surface area contributed by atoms with Crippen LogP contribution in [0.2, 0.25) is 0 Å². The lowest BCUT2D eigenvalue weighted by Crippen LogP contribution is -2.41. The van der Waals surface area contributed by atoms with Gasteiger partial charge < -0.3 is 10.1 Å². The Morgan fingerprint density at radius 3 is 2.43 bits per heavy atom. The number of hydrogen-bond acceptors (Lipinski definition) is 5. The van der Waals surface area contributed by atoms with E-state index < -0.39 is 29.5 Å². The number of aromatic nitrogens is 2. The molecule has 5 nitrogen and oxygen atoms in total. The number of nitrogens with zero attached hydrogens (tertiary/aromatic N) is 2. The maximum absolute atomic E-state index is 12.7. The van der Waals surface area contributed by atoms with E-state index in [0.717, 1.165) is 12.3 Å². The molecule has 1 heterocycles. The lowest BCUT2D eigenvalue weighted by atomic mass is 9.99. The summed E-state index contributed by atoms with van der Waals surface area (Å²) >= 11 is 0. The highest BCUT2D eigenvalue weighted by Crippen LogP contribution is 2.28. The number of hydrogen-bond donors (Lipinski definition) is 1. The van der Waals surface area contributed by atoms with Gasteiger partial charge in [0.1, 0.15) is 17.3 Å². The van der Waals surface area contributed by atoms with Gasteiger partial charge in [-0.05, 0) is 32.8 Å². The minimum Gasteiger partial charge on any atom is -0.458 e. The molecule has 0 saturated carbocycles. The Morgan fingerprint density at radius 2 is 1.96 bits per heavy atom. The van der Waals surface area contributed by atoms with Gasteiger partial charge in [-0.25, -0.2) is 14.8 Å². The van der Waals surface area contributed by atoms with Gasteiger partial charge in [0.05, 0.1) is 0 Å². The van der Waals surface area contributed by atoms with Gasteiger partial charge in [0.2, 0.25) is 5.95 Å². The molecule has 0 saturated heterocycles. The molecule has 130 valence electrons. The smallest absolute Gasteiger partial charge is 0.433 e. The monoisotopic (exact) mass is 333 g/mol. The van der Waals surface area contributed by atoms with Crippen LogP contribution in [0, 0.1) is 5.92 Å². The Bertz CT molecular complexity index is 542. The minimum atomic E-state index is -4.57. The highest BCUT2D eigenvalue weighted by atomic mass is 19.4. The van der Waals surface area contributed by atoms with Crippen LogP contribution in [0.1, 0.15) is 46.7 Å². The number of ether oxygens (including phenoxy) is 1. The molecule has 0 aliphatic heterocycles. The average Bonchev–Trinajstić information content (AvgIpc) is 2.41. The third kappa shape index (κ3) is 6.03. The summed E-state index contributed by atoms with van der Waals surface area (Å²) in [5.74, 6) is -0.966. The topological polar surface area (TPSA) is 64.1 Å². The van der Waals surface area contributed by atoms with E-state index in [0.29, 0.717) is 6.42 Å². The van der Waals surface area contributed by atoms with Crippen molar-refractivity contribution in [2.24, 2.45) is 5.92 Å². The molecule has 1 rings (SSSR count). The molecule has 0 aliphatic carbocycles. The molecule has 0 bridgehead atoms. The molecule has 23 heavy (non-hydrogen) atoms. The van der Waals surface area contributed by atoms with Crippen LogP contribution in [-0.4, -0.2) is 27.6 Å². The fourth-order valence-electron chi connectivity index (χ4n) is 1.76. The van der Waals surface area contributed by atoms with Gasteiger partial charge in [-0.1, -0.05) is 20.3 Å². The number of alkyl halides is 3. The standard InChI is InChI=1S/C15H22F3N3O2/c1-6-9(2)11(12(22)23-14(3,4)5)21-13-19-8-7-10(20-13)15(16,17)18/h7-9,11H,6H2,1-5H3,(H,19,20,21)/t9-,11-/m0/s1. The maximum atomic E-state index is 12.7. The van der Waals surface area contributed by atoms with Crippen LogP contribution in [0.15, 0.2) is 12.3 Å². The maximum Gasteiger partial charge on any atom is 0.433 e. The van der Waals surface area contributed by atoms with E-state index in [1.165, 1.54) is 0 Å². The summed E-state index contributed by atoms with van der Waals surface area (Å²) in [4.78, 5) is 19.5. The number of carbonyl (C=O) groups is 1. The molecule has 0 aromatic carbocycles. The fraction of sp³-hybridized carbons (Fsp3) is 0.667. The zero-order valence-corrected chi connectivity index (χ0v) is 13.9. The summed E-state index contributed by atoms with van der Waals surface area (Å²) < 4.78 is 43.4. The lowest BCUT2D eigenvalue weighted by molar-refractivity contribution is -0.157. The summed E-state index contributed by atoms with van der Waals surface area (Å²) in [6.45, 7) is 8.84. The van der Waals surface area contributed by atoms with E-state index in [1.807, 2.05) is 6.92 Å². The highest BCUT2D eigenvalue weighted by Gasteiger charge is 2.34. The number of anilines is 1. The zero-order chi connectivity index (χ0) is 17.8. The largest absolute Gasteiger partial charge is 0.458 e. The van der Waals surface area contributed by atoms with E-state index in [4.69, 9.17) is 4.74 Å². The molecule has 0 aliphatic rings. The molecular formula is C15H22F3N3O2. The predicted octanol–water partition coefficient (Wildman–Crippen LogP) is 3.66. The third-order valence-electron chi connectivity index (χ3n) is 3.10. The second-order valence-electron chi connectivity index (χ2n) is 6.30. The van der Waals surface area contributed by atoms with Crippen molar-refractivity contribution in [3.05, 3.63) is 18.0 Å². The first kappa shape index (κ1) is 19.2. The van der Waals surface area contributed by atoms with Crippen LogP contribution >= 0.6 is 0 Å². The summed E-state index contributed by atoms with van der Waals surface area (Å²) in [6.07, 6.45) is -2.94. The van der Waals surface area contributed by atoms with Gasteiger partial charge in [0.15, 0.2) is 0 Å². The fourth-order valence-corrected chi connectivity index (χ4v) is 1.76. The first-order chi connectivity index (χ1) is 10.4. The first-order valence-corrected chi connectivity index (χ1v) is 7.33. The van der Waals surface area contributed by atoms with Crippen LogP contribution in [0.4, 0.5) is 19.1 Å². The number of halogens is 3. The van der Waals surface area contributed by atoms with E-state index >= 15 is 0 Å². The number of rotatable bonds is 5. The molecule has 0 spiro atoms. The van der Waals surface area contributed by atoms with Gasteiger partial charge >= 0.3 is 12.1 Å². The summed E-state index contributed by atoms with van der Waals surface area (Å²) in [5, 5.41) is 2.67. The molecule has 0 amide bonds.